The Kier molecular flexibility index (Phi) is 34.5. The number of hydrogen-bond donors (Lipinski definition) is 3. The van der Waals surface area contributed by atoms with Gasteiger partial charge in [0.05, 0.1) is 39.9 Å². The molecule has 0 aromatic heterocycles. The number of quaternary nitrogens is 1. The van der Waals surface area contributed by atoms with E-state index in [2.05, 4.69) is 19.2 Å². The first-order chi connectivity index (χ1) is 24.5. The SMILES string of the molecule is CCCCCCCCC/C=C/[C@@H](O)[C@H](COP(=O)(O)OCC[N+](C)(C)C)NC(=O)CCCCCCCCCCCCCCCCCCCCCC. The normalized spacial score (nSPS) is 14.6. The zero-order chi connectivity index (χ0) is 37.9. The van der Waals surface area contributed by atoms with Gasteiger partial charge in [0.25, 0.3) is 0 Å². The molecule has 0 saturated carbocycles. The van der Waals surface area contributed by atoms with Gasteiger partial charge in [0.2, 0.25) is 5.91 Å². The number of rotatable bonds is 39. The second-order valence-electron chi connectivity index (χ2n) is 16.1. The van der Waals surface area contributed by atoms with Gasteiger partial charge in [0.1, 0.15) is 13.2 Å². The van der Waals surface area contributed by atoms with E-state index in [1.165, 1.54) is 141 Å². The molecule has 9 heteroatoms. The van der Waals surface area contributed by atoms with Crippen LogP contribution in [0.2, 0.25) is 0 Å². The van der Waals surface area contributed by atoms with Crippen molar-refractivity contribution in [3.05, 3.63) is 12.2 Å². The maximum absolute atomic E-state index is 12.8. The van der Waals surface area contributed by atoms with E-state index in [1.807, 2.05) is 27.2 Å². The van der Waals surface area contributed by atoms with Crippen molar-refractivity contribution < 1.29 is 32.9 Å². The first-order valence-corrected chi connectivity index (χ1v) is 23.1. The van der Waals surface area contributed by atoms with E-state index in [0.29, 0.717) is 17.4 Å². The number of aliphatic hydroxyl groups is 1. The van der Waals surface area contributed by atoms with Crippen molar-refractivity contribution in [1.82, 2.24) is 5.32 Å². The lowest BCUT2D eigenvalue weighted by Crippen LogP contribution is -2.45. The van der Waals surface area contributed by atoms with E-state index < -0.39 is 20.0 Å². The summed E-state index contributed by atoms with van der Waals surface area (Å²) < 4.78 is 23.5. The van der Waals surface area contributed by atoms with Gasteiger partial charge < -0.3 is 19.8 Å². The monoisotopic (exact) mass is 746 g/mol. The van der Waals surface area contributed by atoms with E-state index >= 15 is 0 Å². The Labute approximate surface area is 316 Å². The highest BCUT2D eigenvalue weighted by atomic mass is 31.2. The van der Waals surface area contributed by atoms with Gasteiger partial charge in [-0.15, -0.1) is 0 Å². The Bertz CT molecular complexity index is 850. The summed E-state index contributed by atoms with van der Waals surface area (Å²) in [5, 5.41) is 13.7. The van der Waals surface area contributed by atoms with Gasteiger partial charge in [-0.05, 0) is 19.3 Å². The number of allylic oxidation sites excluding steroid dienone is 1. The summed E-state index contributed by atoms with van der Waals surface area (Å²) in [5.41, 5.74) is 0. The van der Waals surface area contributed by atoms with Crippen LogP contribution in [0.25, 0.3) is 0 Å². The van der Waals surface area contributed by atoms with Crippen molar-refractivity contribution >= 4 is 13.7 Å². The lowest BCUT2D eigenvalue weighted by Gasteiger charge is -2.25. The molecular formula is C42H86N2O6P+. The van der Waals surface area contributed by atoms with E-state index in [0.717, 1.165) is 38.5 Å². The van der Waals surface area contributed by atoms with Crippen molar-refractivity contribution in [2.75, 3.05) is 40.9 Å². The maximum Gasteiger partial charge on any atom is 0.472 e. The fourth-order valence-electron chi connectivity index (χ4n) is 6.28. The summed E-state index contributed by atoms with van der Waals surface area (Å²) in [7, 11) is 1.58. The molecule has 1 amide bonds. The summed E-state index contributed by atoms with van der Waals surface area (Å²) >= 11 is 0. The van der Waals surface area contributed by atoms with Crippen LogP contribution >= 0.6 is 7.82 Å². The topological polar surface area (TPSA) is 105 Å². The fraction of sp³-hybridized carbons (Fsp3) is 0.929. The quantitative estimate of drug-likeness (QED) is 0.0250. The summed E-state index contributed by atoms with van der Waals surface area (Å²) in [4.78, 5) is 23.0. The number of phosphoric acid groups is 1. The van der Waals surface area contributed by atoms with Gasteiger partial charge in [-0.2, -0.15) is 0 Å². The number of carbonyl (C=O) groups is 1. The Morgan fingerprint density at radius 3 is 1.45 bits per heavy atom. The summed E-state index contributed by atoms with van der Waals surface area (Å²) in [6, 6.07) is -0.838. The van der Waals surface area contributed by atoms with Gasteiger partial charge in [-0.3, -0.25) is 13.8 Å². The van der Waals surface area contributed by atoms with Crippen molar-refractivity contribution in [1.29, 1.82) is 0 Å². The van der Waals surface area contributed by atoms with Gasteiger partial charge in [0, 0.05) is 6.42 Å². The van der Waals surface area contributed by atoms with Crippen LogP contribution in [0, 0.1) is 0 Å². The average molecular weight is 746 g/mol. The predicted molar refractivity (Wildman–Crippen MR) is 217 cm³/mol. The molecule has 3 atom stereocenters. The number of nitrogens with one attached hydrogen (secondary N) is 1. The minimum absolute atomic E-state index is 0.0641. The summed E-state index contributed by atoms with van der Waals surface area (Å²) in [6.07, 6.45) is 38.6. The molecule has 0 bridgehead atoms. The van der Waals surface area contributed by atoms with Crippen LogP contribution in [0.15, 0.2) is 12.2 Å². The molecule has 3 N–H and O–H groups in total. The van der Waals surface area contributed by atoms with Crippen LogP contribution in [-0.2, 0) is 18.4 Å². The highest BCUT2D eigenvalue weighted by Gasteiger charge is 2.27. The van der Waals surface area contributed by atoms with Crippen LogP contribution in [0.4, 0.5) is 0 Å². The molecule has 0 heterocycles. The fourth-order valence-corrected chi connectivity index (χ4v) is 7.01. The molecular weight excluding hydrogens is 659 g/mol. The van der Waals surface area contributed by atoms with Gasteiger partial charge in [-0.1, -0.05) is 187 Å². The molecule has 8 nitrogen and oxygen atoms in total. The minimum atomic E-state index is -4.32. The largest absolute Gasteiger partial charge is 0.472 e. The van der Waals surface area contributed by atoms with Crippen LogP contribution < -0.4 is 5.32 Å². The highest BCUT2D eigenvalue weighted by molar-refractivity contribution is 7.47. The highest BCUT2D eigenvalue weighted by Crippen LogP contribution is 2.43. The third-order valence-corrected chi connectivity index (χ3v) is 10.7. The molecule has 0 rings (SSSR count). The first kappa shape index (κ1) is 50.2. The van der Waals surface area contributed by atoms with Crippen molar-refractivity contribution in [3.63, 3.8) is 0 Å². The summed E-state index contributed by atoms with van der Waals surface area (Å²) in [5.74, 6) is -0.177. The van der Waals surface area contributed by atoms with Crippen LogP contribution in [0.5, 0.6) is 0 Å². The number of aliphatic hydroxyl groups excluding tert-OH is 1. The van der Waals surface area contributed by atoms with E-state index in [4.69, 9.17) is 9.05 Å². The Balaban J connectivity index is 4.25. The van der Waals surface area contributed by atoms with Crippen molar-refractivity contribution in [2.45, 2.75) is 212 Å². The zero-order valence-electron chi connectivity index (χ0n) is 34.4. The molecule has 0 radical (unpaired) electrons. The molecule has 51 heavy (non-hydrogen) atoms. The standard InChI is InChI=1S/C42H85N2O6P/c1-6-8-10-12-14-16-17-18-19-20-21-22-23-24-25-26-28-30-32-34-36-42(46)43-40(39-50-51(47,48)49-38-37-44(3,4)5)41(45)35-33-31-29-27-15-13-11-9-7-2/h33,35,40-41,45H,6-32,34,36-39H2,1-5H3,(H-,43,46,47,48)/p+1/b35-33+/t40-,41+/m0/s1. The van der Waals surface area contributed by atoms with E-state index in [-0.39, 0.29) is 19.1 Å². The molecule has 0 aliphatic carbocycles. The molecule has 0 saturated heterocycles. The summed E-state index contributed by atoms with van der Waals surface area (Å²) in [6.45, 7) is 4.79. The second kappa shape index (κ2) is 35.0. The molecule has 0 aromatic carbocycles. The lowest BCUT2D eigenvalue weighted by molar-refractivity contribution is -0.870. The molecule has 304 valence electrons. The predicted octanol–water partition coefficient (Wildman–Crippen LogP) is 11.6. The minimum Gasteiger partial charge on any atom is -0.387 e. The van der Waals surface area contributed by atoms with Crippen molar-refractivity contribution in [2.24, 2.45) is 0 Å². The molecule has 0 aliphatic heterocycles. The van der Waals surface area contributed by atoms with Gasteiger partial charge in [0.15, 0.2) is 0 Å². The number of phosphoric ester groups is 1. The van der Waals surface area contributed by atoms with Gasteiger partial charge in [-0.25, -0.2) is 4.57 Å². The Hall–Kier alpha value is -0.760. The molecule has 0 fully saturated rings. The van der Waals surface area contributed by atoms with E-state index in [1.54, 1.807) is 6.08 Å². The Morgan fingerprint density at radius 2 is 1.04 bits per heavy atom. The van der Waals surface area contributed by atoms with Crippen LogP contribution in [0.3, 0.4) is 0 Å². The Morgan fingerprint density at radius 1 is 0.647 bits per heavy atom. The average Bonchev–Trinajstić information content (AvgIpc) is 3.07. The number of amides is 1. The second-order valence-corrected chi connectivity index (χ2v) is 17.5. The number of unbranched alkanes of at least 4 members (excludes halogenated alkanes) is 26. The molecule has 0 spiro atoms. The lowest BCUT2D eigenvalue weighted by atomic mass is 10.0. The number of nitrogens with zero attached hydrogens (tertiary/aromatic N) is 1. The van der Waals surface area contributed by atoms with E-state index in [9.17, 15) is 19.4 Å². The van der Waals surface area contributed by atoms with Crippen LogP contribution in [-0.4, -0.2) is 73.4 Å². The van der Waals surface area contributed by atoms with Crippen LogP contribution in [0.1, 0.15) is 200 Å². The molecule has 0 aromatic rings. The smallest absolute Gasteiger partial charge is 0.387 e. The maximum atomic E-state index is 12.8. The van der Waals surface area contributed by atoms with Gasteiger partial charge >= 0.3 is 7.82 Å². The first-order valence-electron chi connectivity index (χ1n) is 21.6. The number of hydrogen-bond acceptors (Lipinski definition) is 5. The third kappa shape index (κ3) is 37.4. The third-order valence-electron chi connectivity index (χ3n) is 9.76. The van der Waals surface area contributed by atoms with Crippen molar-refractivity contribution in [3.8, 4) is 0 Å². The number of carbonyl (C=O) groups excluding carboxylic acids is 1. The molecule has 1 unspecified atom stereocenters. The number of likely N-dealkylation sites (N-methyl/N-ethyl adjacent to an activating group) is 1. The molecule has 0 aliphatic rings. The zero-order valence-corrected chi connectivity index (χ0v) is 35.3.